The highest BCUT2D eigenvalue weighted by Crippen LogP contribution is 2.38. The van der Waals surface area contributed by atoms with Crippen molar-refractivity contribution in [2.75, 3.05) is 5.32 Å². The van der Waals surface area contributed by atoms with Crippen LogP contribution >= 0.6 is 11.3 Å². The summed E-state index contributed by atoms with van der Waals surface area (Å²) in [5.41, 5.74) is 1.50. The van der Waals surface area contributed by atoms with Gasteiger partial charge in [0.25, 0.3) is 0 Å². The van der Waals surface area contributed by atoms with Crippen molar-refractivity contribution in [3.05, 3.63) is 16.8 Å². The van der Waals surface area contributed by atoms with Crippen molar-refractivity contribution in [2.45, 2.75) is 52.5 Å². The van der Waals surface area contributed by atoms with E-state index in [1.54, 1.807) is 6.33 Å². The molecule has 2 heterocycles. The predicted molar refractivity (Wildman–Crippen MR) is 82.0 cm³/mol. The highest BCUT2D eigenvalue weighted by molar-refractivity contribution is 7.19. The molecule has 1 unspecified atom stereocenters. The predicted octanol–water partition coefficient (Wildman–Crippen LogP) is 4.03. The molecule has 2 aromatic heterocycles. The Labute approximate surface area is 118 Å². The minimum atomic E-state index is 0.428. The van der Waals surface area contributed by atoms with Crippen molar-refractivity contribution in [1.29, 1.82) is 0 Å². The lowest BCUT2D eigenvalue weighted by molar-refractivity contribution is 0.559. The third kappa shape index (κ3) is 2.34. The average molecular weight is 275 g/mol. The monoisotopic (exact) mass is 275 g/mol. The Morgan fingerprint density at radius 3 is 2.74 bits per heavy atom. The summed E-state index contributed by atoms with van der Waals surface area (Å²) in [5, 5.41) is 4.86. The minimum absolute atomic E-state index is 0.428. The van der Waals surface area contributed by atoms with Gasteiger partial charge in [-0.2, -0.15) is 0 Å². The highest BCUT2D eigenvalue weighted by atomic mass is 32.1. The van der Waals surface area contributed by atoms with Crippen LogP contribution in [0.1, 0.15) is 44.1 Å². The van der Waals surface area contributed by atoms with Crippen LogP contribution in [0, 0.1) is 5.92 Å². The summed E-state index contributed by atoms with van der Waals surface area (Å²) < 4.78 is 0. The maximum atomic E-state index is 4.49. The molecule has 0 bridgehead atoms. The number of aryl methyl sites for hydroxylation is 2. The molecule has 1 atom stereocenters. The zero-order valence-electron chi connectivity index (χ0n) is 11.9. The Morgan fingerprint density at radius 2 is 1.95 bits per heavy atom. The fourth-order valence-corrected chi connectivity index (χ4v) is 3.81. The van der Waals surface area contributed by atoms with Gasteiger partial charge >= 0.3 is 0 Å². The summed E-state index contributed by atoms with van der Waals surface area (Å²) in [6, 6.07) is 0.428. The lowest BCUT2D eigenvalue weighted by atomic mass is 9.97. The van der Waals surface area contributed by atoms with Crippen molar-refractivity contribution in [3.8, 4) is 0 Å². The number of hydrogen-bond acceptors (Lipinski definition) is 4. The first-order valence-corrected chi connectivity index (χ1v) is 8.00. The van der Waals surface area contributed by atoms with Crippen LogP contribution < -0.4 is 5.32 Å². The van der Waals surface area contributed by atoms with Crippen LogP contribution in [0.4, 0.5) is 5.82 Å². The highest BCUT2D eigenvalue weighted by Gasteiger charge is 2.20. The van der Waals surface area contributed by atoms with E-state index < -0.39 is 0 Å². The molecule has 1 aliphatic rings. The van der Waals surface area contributed by atoms with Gasteiger partial charge in [0.05, 0.1) is 5.39 Å². The summed E-state index contributed by atoms with van der Waals surface area (Å²) in [6.45, 7) is 6.69. The second-order valence-electron chi connectivity index (χ2n) is 5.79. The van der Waals surface area contributed by atoms with Gasteiger partial charge in [0.15, 0.2) is 0 Å². The van der Waals surface area contributed by atoms with Gasteiger partial charge in [-0.1, -0.05) is 13.8 Å². The molecular formula is C15H21N3S. The van der Waals surface area contributed by atoms with Crippen LogP contribution in [0.15, 0.2) is 6.33 Å². The first-order chi connectivity index (χ1) is 9.16. The van der Waals surface area contributed by atoms with E-state index in [4.69, 9.17) is 0 Å². The molecule has 0 fully saturated rings. The SMILES string of the molecule is CC(C)C(C)Nc1ncnc2sc3c(c12)CCCC3. The van der Waals surface area contributed by atoms with Crippen LogP contribution in [0.2, 0.25) is 0 Å². The fraction of sp³-hybridized carbons (Fsp3) is 0.600. The molecule has 0 aliphatic heterocycles. The van der Waals surface area contributed by atoms with Crippen LogP contribution in [-0.4, -0.2) is 16.0 Å². The molecule has 0 radical (unpaired) electrons. The number of aromatic nitrogens is 2. The van der Waals surface area contributed by atoms with Gasteiger partial charge in [0.2, 0.25) is 0 Å². The maximum absolute atomic E-state index is 4.49. The third-order valence-corrected chi connectivity index (χ3v) is 5.32. The smallest absolute Gasteiger partial charge is 0.138 e. The molecule has 0 saturated heterocycles. The number of nitrogens with zero attached hydrogens (tertiary/aromatic N) is 2. The molecule has 0 aromatic carbocycles. The van der Waals surface area contributed by atoms with E-state index >= 15 is 0 Å². The molecule has 19 heavy (non-hydrogen) atoms. The van der Waals surface area contributed by atoms with Crippen molar-refractivity contribution in [3.63, 3.8) is 0 Å². The lowest BCUT2D eigenvalue weighted by Crippen LogP contribution is -2.22. The first-order valence-electron chi connectivity index (χ1n) is 7.18. The number of hydrogen-bond donors (Lipinski definition) is 1. The molecule has 3 rings (SSSR count). The van der Waals surface area contributed by atoms with Gasteiger partial charge in [-0.3, -0.25) is 0 Å². The van der Waals surface area contributed by atoms with Crippen LogP contribution in [0.25, 0.3) is 10.2 Å². The van der Waals surface area contributed by atoms with Crippen LogP contribution in [0.5, 0.6) is 0 Å². The standard InChI is InChI=1S/C15H21N3S/c1-9(2)10(3)18-14-13-11-6-4-5-7-12(11)19-15(13)17-8-16-14/h8-10H,4-7H2,1-3H3,(H,16,17,18). The normalized spacial score (nSPS) is 16.6. The van der Waals surface area contributed by atoms with E-state index in [-0.39, 0.29) is 0 Å². The van der Waals surface area contributed by atoms with E-state index in [1.165, 1.54) is 41.5 Å². The van der Waals surface area contributed by atoms with Gasteiger partial charge in [0, 0.05) is 10.9 Å². The summed E-state index contributed by atoms with van der Waals surface area (Å²) >= 11 is 1.86. The Bertz CT molecular complexity index is 588. The summed E-state index contributed by atoms with van der Waals surface area (Å²) in [6.07, 6.45) is 6.72. The zero-order chi connectivity index (χ0) is 13.4. The number of fused-ring (bicyclic) bond motifs is 3. The third-order valence-electron chi connectivity index (χ3n) is 4.12. The molecule has 3 nitrogen and oxygen atoms in total. The molecule has 1 aliphatic carbocycles. The summed E-state index contributed by atoms with van der Waals surface area (Å²) in [4.78, 5) is 11.6. The largest absolute Gasteiger partial charge is 0.367 e. The van der Waals surface area contributed by atoms with E-state index in [1.807, 2.05) is 11.3 Å². The Balaban J connectivity index is 2.06. The second-order valence-corrected chi connectivity index (χ2v) is 6.87. The fourth-order valence-electron chi connectivity index (χ4n) is 2.58. The molecule has 1 N–H and O–H groups in total. The topological polar surface area (TPSA) is 37.8 Å². The molecular weight excluding hydrogens is 254 g/mol. The molecule has 4 heteroatoms. The summed E-state index contributed by atoms with van der Waals surface area (Å²) in [5.74, 6) is 1.63. The molecule has 0 saturated carbocycles. The van der Waals surface area contributed by atoms with Crippen LogP contribution in [-0.2, 0) is 12.8 Å². The number of anilines is 1. The van der Waals surface area contributed by atoms with Crippen LogP contribution in [0.3, 0.4) is 0 Å². The summed E-state index contributed by atoms with van der Waals surface area (Å²) in [7, 11) is 0. The van der Waals surface area contributed by atoms with Gasteiger partial charge < -0.3 is 5.32 Å². The Morgan fingerprint density at radius 1 is 1.16 bits per heavy atom. The zero-order valence-corrected chi connectivity index (χ0v) is 12.7. The lowest BCUT2D eigenvalue weighted by Gasteiger charge is -2.19. The minimum Gasteiger partial charge on any atom is -0.367 e. The van der Waals surface area contributed by atoms with Gasteiger partial charge in [0.1, 0.15) is 17.0 Å². The van der Waals surface area contributed by atoms with E-state index in [2.05, 4.69) is 36.1 Å². The first kappa shape index (κ1) is 12.9. The van der Waals surface area contributed by atoms with Crippen molar-refractivity contribution in [2.24, 2.45) is 5.92 Å². The van der Waals surface area contributed by atoms with Gasteiger partial charge in [-0.15, -0.1) is 11.3 Å². The van der Waals surface area contributed by atoms with Crippen molar-refractivity contribution < 1.29 is 0 Å². The number of rotatable bonds is 3. The van der Waals surface area contributed by atoms with Crippen molar-refractivity contribution >= 4 is 27.4 Å². The molecule has 2 aromatic rings. The Hall–Kier alpha value is -1.16. The molecule has 102 valence electrons. The van der Waals surface area contributed by atoms with E-state index in [9.17, 15) is 0 Å². The second kappa shape index (κ2) is 5.08. The molecule has 0 amide bonds. The Kier molecular flexibility index (Phi) is 3.44. The molecule has 0 spiro atoms. The van der Waals surface area contributed by atoms with Crippen molar-refractivity contribution in [1.82, 2.24) is 9.97 Å². The van der Waals surface area contributed by atoms with Gasteiger partial charge in [-0.25, -0.2) is 9.97 Å². The maximum Gasteiger partial charge on any atom is 0.138 e. The van der Waals surface area contributed by atoms with Gasteiger partial charge in [-0.05, 0) is 44.1 Å². The van der Waals surface area contributed by atoms with E-state index in [0.717, 1.165) is 10.6 Å². The van der Waals surface area contributed by atoms with E-state index in [0.29, 0.717) is 12.0 Å². The number of nitrogens with one attached hydrogen (secondary N) is 1. The average Bonchev–Trinajstić information content (AvgIpc) is 2.77. The quantitative estimate of drug-likeness (QED) is 0.919. The number of thiophene rings is 1.